The zero-order valence-corrected chi connectivity index (χ0v) is 19.9. The number of benzene rings is 2. The van der Waals surface area contributed by atoms with E-state index in [1.807, 2.05) is 19.2 Å². The van der Waals surface area contributed by atoms with Crippen LogP contribution in [0.1, 0.15) is 31.0 Å². The molecule has 2 aromatic carbocycles. The van der Waals surface area contributed by atoms with E-state index >= 15 is 0 Å². The number of hydrogen-bond donors (Lipinski definition) is 3. The van der Waals surface area contributed by atoms with Gasteiger partial charge in [-0.2, -0.15) is 0 Å². The maximum atomic E-state index is 6.08. The van der Waals surface area contributed by atoms with Gasteiger partial charge in [0.05, 0.1) is 17.7 Å². The average molecular weight is 462 g/mol. The molecule has 2 unspecified atom stereocenters. The molecule has 3 rings (SSSR count). The van der Waals surface area contributed by atoms with Crippen molar-refractivity contribution in [2.75, 3.05) is 26.0 Å². The average Bonchev–Trinajstić information content (AvgIpc) is 2.81. The normalized spacial score (nSPS) is 16.9. The van der Waals surface area contributed by atoms with E-state index < -0.39 is 0 Å². The molecule has 162 valence electrons. The lowest BCUT2D eigenvalue weighted by atomic mass is 10.1. The zero-order valence-electron chi connectivity index (χ0n) is 17.5. The summed E-state index contributed by atoms with van der Waals surface area (Å²) in [7, 11) is 1.77. The molecule has 1 aliphatic rings. The van der Waals surface area contributed by atoms with Gasteiger partial charge in [-0.3, -0.25) is 9.30 Å². The van der Waals surface area contributed by atoms with Gasteiger partial charge in [-0.1, -0.05) is 35.1 Å². The Hall–Kier alpha value is -1.13. The Kier molecular flexibility index (Phi) is 9.45. The standard InChI is InChI=1S/C22H31N5S3/c1-24-20-11-10-17(22(23)25-2)14-21(20)28-16-26-29-18-8-7-9-19(15-18)30(3)27-12-5-4-6-13-27/h7-11,14-15,22,25-26H,1,3-6,12-13,16,23H2,2H3. The van der Waals surface area contributed by atoms with Crippen LogP contribution >= 0.6 is 34.4 Å². The molecule has 0 saturated carbocycles. The van der Waals surface area contributed by atoms with Crippen LogP contribution in [-0.4, -0.2) is 42.9 Å². The number of aliphatic imine (C=N–C) groups is 1. The molecule has 2 atom stereocenters. The van der Waals surface area contributed by atoms with E-state index in [2.05, 4.69) is 62.3 Å². The first-order chi connectivity index (χ1) is 14.6. The van der Waals surface area contributed by atoms with E-state index in [1.165, 1.54) is 29.1 Å². The van der Waals surface area contributed by atoms with E-state index in [-0.39, 0.29) is 16.8 Å². The molecule has 0 aromatic heterocycles. The number of nitrogens with one attached hydrogen (secondary N) is 2. The second kappa shape index (κ2) is 12.0. The van der Waals surface area contributed by atoms with Crippen molar-refractivity contribution in [2.45, 2.75) is 40.1 Å². The predicted octanol–water partition coefficient (Wildman–Crippen LogP) is 5.00. The Balaban J connectivity index is 1.56. The molecule has 30 heavy (non-hydrogen) atoms. The molecule has 1 heterocycles. The van der Waals surface area contributed by atoms with Crippen LogP contribution in [0.15, 0.2) is 62.1 Å². The monoisotopic (exact) mass is 461 g/mol. The third kappa shape index (κ3) is 6.43. The van der Waals surface area contributed by atoms with Crippen LogP contribution in [-0.2, 0) is 0 Å². The van der Waals surface area contributed by atoms with E-state index in [0.29, 0.717) is 0 Å². The molecule has 0 bridgehead atoms. The maximum Gasteiger partial charge on any atom is 0.0808 e. The Morgan fingerprint density at radius 3 is 2.73 bits per heavy atom. The number of hydrogen-bond acceptors (Lipinski definition) is 7. The highest BCUT2D eigenvalue weighted by atomic mass is 32.2. The molecule has 1 aliphatic heterocycles. The van der Waals surface area contributed by atoms with Crippen LogP contribution < -0.4 is 15.8 Å². The molecule has 2 aromatic rings. The van der Waals surface area contributed by atoms with Crippen molar-refractivity contribution in [3.8, 4) is 0 Å². The molecule has 0 radical (unpaired) electrons. The first-order valence-corrected chi connectivity index (χ1v) is 13.2. The van der Waals surface area contributed by atoms with Crippen LogP contribution in [0.4, 0.5) is 5.69 Å². The van der Waals surface area contributed by atoms with Crippen molar-refractivity contribution in [3.63, 3.8) is 0 Å². The number of thioether (sulfide) groups is 1. The molecular formula is C22H31N5S3. The zero-order chi connectivity index (χ0) is 21.3. The molecule has 4 N–H and O–H groups in total. The highest BCUT2D eigenvalue weighted by Gasteiger charge is 2.14. The van der Waals surface area contributed by atoms with Gasteiger partial charge < -0.3 is 11.1 Å². The molecular weight excluding hydrogens is 430 g/mol. The first kappa shape index (κ1) is 23.5. The van der Waals surface area contributed by atoms with Gasteiger partial charge >= 0.3 is 0 Å². The minimum absolute atomic E-state index is 0.0798. The van der Waals surface area contributed by atoms with Crippen LogP contribution in [0.5, 0.6) is 0 Å². The summed E-state index contributed by atoms with van der Waals surface area (Å²) in [6.07, 6.45) is 3.73. The highest BCUT2D eigenvalue weighted by molar-refractivity contribution is 8.12. The van der Waals surface area contributed by atoms with Crippen LogP contribution in [0.25, 0.3) is 0 Å². The molecule has 1 saturated heterocycles. The van der Waals surface area contributed by atoms with Crippen molar-refractivity contribution in [3.05, 3.63) is 48.0 Å². The van der Waals surface area contributed by atoms with E-state index in [0.717, 1.165) is 35.1 Å². The van der Waals surface area contributed by atoms with Crippen LogP contribution in [0.2, 0.25) is 0 Å². The number of rotatable bonds is 10. The quantitative estimate of drug-likeness (QED) is 0.116. The molecule has 5 nitrogen and oxygen atoms in total. The minimum Gasteiger partial charge on any atom is -0.312 e. The summed E-state index contributed by atoms with van der Waals surface area (Å²) in [5.74, 6) is 5.19. The van der Waals surface area contributed by atoms with Crippen LogP contribution in [0.3, 0.4) is 0 Å². The lowest BCUT2D eigenvalue weighted by Gasteiger charge is -2.29. The largest absolute Gasteiger partial charge is 0.312 e. The van der Waals surface area contributed by atoms with Crippen molar-refractivity contribution >= 4 is 52.7 Å². The number of nitrogens with two attached hydrogens (primary N) is 1. The van der Waals surface area contributed by atoms with Gasteiger partial charge in [0.15, 0.2) is 0 Å². The Bertz CT molecular complexity index is 868. The van der Waals surface area contributed by atoms with Crippen molar-refractivity contribution < 1.29 is 0 Å². The minimum atomic E-state index is -0.190. The fraction of sp³-hybridized carbons (Fsp3) is 0.364. The summed E-state index contributed by atoms with van der Waals surface area (Å²) in [5, 5.41) is 3.07. The fourth-order valence-electron chi connectivity index (χ4n) is 3.28. The Morgan fingerprint density at radius 2 is 2.00 bits per heavy atom. The third-order valence-electron chi connectivity index (χ3n) is 5.01. The van der Waals surface area contributed by atoms with Gasteiger partial charge in [0, 0.05) is 27.8 Å². The molecule has 8 heteroatoms. The predicted molar refractivity (Wildman–Crippen MR) is 136 cm³/mol. The smallest absolute Gasteiger partial charge is 0.0808 e. The highest BCUT2D eigenvalue weighted by Crippen LogP contribution is 2.34. The maximum absolute atomic E-state index is 6.08. The molecule has 0 amide bonds. The topological polar surface area (TPSA) is 65.7 Å². The molecule has 0 aliphatic carbocycles. The SMILES string of the molecule is C=Nc1ccc(C(N)NC)cc1SCNSc1cccc(S(=C)N2CCCCC2)c1. The number of piperidine rings is 1. The summed E-state index contributed by atoms with van der Waals surface area (Å²) >= 11 is 3.35. The van der Waals surface area contributed by atoms with Crippen molar-refractivity contribution in [1.82, 2.24) is 14.3 Å². The van der Waals surface area contributed by atoms with E-state index in [9.17, 15) is 0 Å². The first-order valence-electron chi connectivity index (χ1n) is 10.1. The second-order valence-electron chi connectivity index (χ2n) is 7.02. The van der Waals surface area contributed by atoms with Gasteiger partial charge in [0.2, 0.25) is 0 Å². The number of nitrogens with zero attached hydrogens (tertiary/aromatic N) is 2. The van der Waals surface area contributed by atoms with Gasteiger partial charge in [-0.25, -0.2) is 4.72 Å². The van der Waals surface area contributed by atoms with Crippen LogP contribution in [0, 0.1) is 0 Å². The van der Waals surface area contributed by atoms with Crippen molar-refractivity contribution in [1.29, 1.82) is 0 Å². The van der Waals surface area contributed by atoms with Gasteiger partial charge in [0.25, 0.3) is 0 Å². The summed E-state index contributed by atoms with van der Waals surface area (Å²) in [6.45, 7) is 6.00. The van der Waals surface area contributed by atoms with E-state index in [4.69, 9.17) is 5.73 Å². The molecule has 0 spiro atoms. The Labute approximate surface area is 191 Å². The summed E-state index contributed by atoms with van der Waals surface area (Å²) in [4.78, 5) is 7.72. The van der Waals surface area contributed by atoms with E-state index in [1.54, 1.807) is 23.7 Å². The van der Waals surface area contributed by atoms with Gasteiger partial charge in [-0.15, -0.1) is 11.8 Å². The van der Waals surface area contributed by atoms with Gasteiger partial charge in [-0.05, 0) is 74.5 Å². The Morgan fingerprint density at radius 1 is 1.20 bits per heavy atom. The fourth-order valence-corrected chi connectivity index (χ4v) is 6.47. The third-order valence-corrected chi connectivity index (χ3v) is 8.68. The summed E-state index contributed by atoms with van der Waals surface area (Å²) in [6, 6.07) is 14.8. The summed E-state index contributed by atoms with van der Waals surface area (Å²) < 4.78 is 5.97. The molecule has 1 fully saturated rings. The van der Waals surface area contributed by atoms with Crippen molar-refractivity contribution in [2.24, 2.45) is 10.7 Å². The lowest BCUT2D eigenvalue weighted by molar-refractivity contribution is 0.379. The van der Waals surface area contributed by atoms with Gasteiger partial charge in [0.1, 0.15) is 0 Å². The lowest BCUT2D eigenvalue weighted by Crippen LogP contribution is -2.24. The second-order valence-corrected chi connectivity index (χ2v) is 10.7. The summed E-state index contributed by atoms with van der Waals surface area (Å²) in [5.41, 5.74) is 8.00.